The summed E-state index contributed by atoms with van der Waals surface area (Å²) in [5.74, 6) is -0.520. The van der Waals surface area contributed by atoms with Crippen LogP contribution in [0.3, 0.4) is 0 Å². The number of para-hydroxylation sites is 1. The highest BCUT2D eigenvalue weighted by Crippen LogP contribution is 2.29. The first kappa shape index (κ1) is 20.4. The van der Waals surface area contributed by atoms with Gasteiger partial charge in [0.1, 0.15) is 5.75 Å². The zero-order chi connectivity index (χ0) is 20.6. The van der Waals surface area contributed by atoms with Crippen molar-refractivity contribution in [2.24, 2.45) is 0 Å². The molecule has 0 spiro atoms. The van der Waals surface area contributed by atoms with E-state index in [1.165, 1.54) is 0 Å². The van der Waals surface area contributed by atoms with Crippen LogP contribution in [0.2, 0.25) is 5.02 Å². The molecule has 3 aromatic carbocycles. The lowest BCUT2D eigenvalue weighted by atomic mass is 10.1. The quantitative estimate of drug-likeness (QED) is 0.565. The molecule has 0 saturated heterocycles. The van der Waals surface area contributed by atoms with Crippen LogP contribution >= 0.6 is 11.6 Å². The van der Waals surface area contributed by atoms with Crippen molar-refractivity contribution >= 4 is 29.2 Å². The van der Waals surface area contributed by atoms with Gasteiger partial charge in [0.25, 0.3) is 5.91 Å². The number of anilines is 1. The predicted octanol–water partition coefficient (Wildman–Crippen LogP) is 4.88. The third-order valence-electron chi connectivity index (χ3n) is 4.16. The molecule has 0 atom stereocenters. The molecule has 0 saturated carbocycles. The lowest BCUT2D eigenvalue weighted by Crippen LogP contribution is -2.24. The molecule has 5 nitrogen and oxygen atoms in total. The zero-order valence-electron chi connectivity index (χ0n) is 15.9. The van der Waals surface area contributed by atoms with E-state index in [1.807, 2.05) is 55.5 Å². The Bertz CT molecular complexity index is 1000. The van der Waals surface area contributed by atoms with Crippen molar-refractivity contribution in [2.45, 2.75) is 6.92 Å². The third-order valence-corrected chi connectivity index (χ3v) is 4.39. The van der Waals surface area contributed by atoms with Crippen LogP contribution in [0, 0.1) is 6.92 Å². The van der Waals surface area contributed by atoms with Gasteiger partial charge in [-0.15, -0.1) is 0 Å². The highest BCUT2D eigenvalue weighted by atomic mass is 35.5. The van der Waals surface area contributed by atoms with Crippen LogP contribution in [-0.4, -0.2) is 25.1 Å². The van der Waals surface area contributed by atoms with Crippen molar-refractivity contribution in [3.63, 3.8) is 0 Å². The van der Waals surface area contributed by atoms with Crippen LogP contribution in [0.15, 0.2) is 72.8 Å². The lowest BCUT2D eigenvalue weighted by molar-refractivity contribution is -0.149. The number of ether oxygens (including phenoxy) is 2. The normalized spacial score (nSPS) is 10.3. The summed E-state index contributed by atoms with van der Waals surface area (Å²) in [5, 5.41) is 3.18. The van der Waals surface area contributed by atoms with Gasteiger partial charge in [-0.25, -0.2) is 4.79 Å². The largest absolute Gasteiger partial charge is 0.481 e. The Kier molecular flexibility index (Phi) is 6.87. The van der Waals surface area contributed by atoms with Gasteiger partial charge < -0.3 is 14.8 Å². The van der Waals surface area contributed by atoms with Crippen molar-refractivity contribution in [1.29, 1.82) is 0 Å². The van der Waals surface area contributed by atoms with Gasteiger partial charge in [-0.1, -0.05) is 66.2 Å². The third kappa shape index (κ3) is 5.83. The minimum absolute atomic E-state index is 0.298. The molecular weight excluding hydrogens is 390 g/mol. The minimum atomic E-state index is -0.633. The van der Waals surface area contributed by atoms with Gasteiger partial charge in [-0.2, -0.15) is 0 Å². The molecule has 3 aromatic rings. The Balaban J connectivity index is 1.52. The van der Waals surface area contributed by atoms with Crippen LogP contribution in [-0.2, 0) is 14.3 Å². The number of esters is 1. The molecule has 3 rings (SSSR count). The van der Waals surface area contributed by atoms with E-state index < -0.39 is 18.5 Å². The van der Waals surface area contributed by atoms with Gasteiger partial charge in [0.2, 0.25) is 0 Å². The number of hydrogen-bond donors (Lipinski definition) is 1. The molecule has 0 aliphatic carbocycles. The summed E-state index contributed by atoms with van der Waals surface area (Å²) in [7, 11) is 0. The van der Waals surface area contributed by atoms with Gasteiger partial charge in [-0.05, 0) is 36.2 Å². The fraction of sp³-hybridized carbons (Fsp3) is 0.130. The molecule has 1 N–H and O–H groups in total. The summed E-state index contributed by atoms with van der Waals surface area (Å²) in [5.41, 5.74) is 3.28. The van der Waals surface area contributed by atoms with Crippen molar-refractivity contribution < 1.29 is 19.1 Å². The van der Waals surface area contributed by atoms with E-state index >= 15 is 0 Å². The highest BCUT2D eigenvalue weighted by molar-refractivity contribution is 6.31. The molecular formula is C23H20ClNO4. The second-order valence-corrected chi connectivity index (χ2v) is 6.76. The second kappa shape index (κ2) is 9.75. The topological polar surface area (TPSA) is 64.6 Å². The van der Waals surface area contributed by atoms with Crippen molar-refractivity contribution in [1.82, 2.24) is 0 Å². The van der Waals surface area contributed by atoms with Crippen LogP contribution in [0.5, 0.6) is 5.75 Å². The van der Waals surface area contributed by atoms with Crippen molar-refractivity contribution in [3.05, 3.63) is 83.4 Å². The van der Waals surface area contributed by atoms with Crippen molar-refractivity contribution in [2.75, 3.05) is 18.5 Å². The average Bonchev–Trinajstić information content (AvgIpc) is 2.74. The number of hydrogen-bond acceptors (Lipinski definition) is 4. The number of amides is 1. The Labute approximate surface area is 174 Å². The number of carbonyl (C=O) groups is 2. The number of halogens is 1. The number of nitrogens with one attached hydrogen (secondary N) is 1. The average molecular weight is 410 g/mol. The molecule has 0 unspecified atom stereocenters. The maximum absolute atomic E-state index is 12.0. The maximum Gasteiger partial charge on any atom is 0.344 e. The van der Waals surface area contributed by atoms with Crippen LogP contribution in [0.4, 0.5) is 5.69 Å². The first-order chi connectivity index (χ1) is 14.0. The fourth-order valence-electron chi connectivity index (χ4n) is 2.69. The van der Waals surface area contributed by atoms with Gasteiger partial charge >= 0.3 is 5.97 Å². The summed E-state index contributed by atoms with van der Waals surface area (Å²) in [6.07, 6.45) is 0. The number of carbonyl (C=O) groups excluding carboxylic acids is 2. The van der Waals surface area contributed by atoms with Gasteiger partial charge in [0, 0.05) is 16.3 Å². The van der Waals surface area contributed by atoms with E-state index in [-0.39, 0.29) is 6.61 Å². The number of aryl methyl sites for hydroxylation is 1. The molecule has 0 heterocycles. The summed E-state index contributed by atoms with van der Waals surface area (Å²) in [6.45, 7) is 1.14. The number of benzene rings is 3. The molecule has 0 aromatic heterocycles. The minimum Gasteiger partial charge on any atom is -0.481 e. The van der Waals surface area contributed by atoms with E-state index in [9.17, 15) is 9.59 Å². The monoisotopic (exact) mass is 409 g/mol. The van der Waals surface area contributed by atoms with E-state index in [1.54, 1.807) is 24.3 Å². The Morgan fingerprint density at radius 1 is 0.931 bits per heavy atom. The highest BCUT2D eigenvalue weighted by Gasteiger charge is 2.12. The molecule has 6 heteroatoms. The predicted molar refractivity (Wildman–Crippen MR) is 113 cm³/mol. The molecule has 148 valence electrons. The SMILES string of the molecule is Cc1ccc(Cl)cc1NC(=O)COC(=O)COc1ccccc1-c1ccccc1. The van der Waals surface area contributed by atoms with E-state index in [4.69, 9.17) is 21.1 Å². The standard InChI is InChI=1S/C23H20ClNO4/c1-16-11-12-18(24)13-20(16)25-22(26)14-29-23(27)15-28-21-10-6-5-9-19(21)17-7-3-2-4-8-17/h2-13H,14-15H2,1H3,(H,25,26). The van der Waals surface area contributed by atoms with Gasteiger partial charge in [-0.3, -0.25) is 4.79 Å². The van der Waals surface area contributed by atoms with E-state index in [2.05, 4.69) is 5.32 Å². The maximum atomic E-state index is 12.0. The summed E-state index contributed by atoms with van der Waals surface area (Å²) >= 11 is 5.93. The summed E-state index contributed by atoms with van der Waals surface area (Å²) in [4.78, 5) is 24.0. The fourth-order valence-corrected chi connectivity index (χ4v) is 2.86. The Hall–Kier alpha value is -3.31. The van der Waals surface area contributed by atoms with Crippen LogP contribution < -0.4 is 10.1 Å². The molecule has 29 heavy (non-hydrogen) atoms. The molecule has 0 aliphatic rings. The smallest absolute Gasteiger partial charge is 0.344 e. The molecule has 0 fully saturated rings. The Morgan fingerprint density at radius 2 is 1.66 bits per heavy atom. The summed E-state index contributed by atoms with van der Waals surface area (Å²) < 4.78 is 10.6. The number of rotatable bonds is 7. The zero-order valence-corrected chi connectivity index (χ0v) is 16.6. The van der Waals surface area contributed by atoms with Crippen molar-refractivity contribution in [3.8, 4) is 16.9 Å². The van der Waals surface area contributed by atoms with Crippen LogP contribution in [0.25, 0.3) is 11.1 Å². The molecule has 0 radical (unpaired) electrons. The molecule has 0 aliphatic heterocycles. The van der Waals surface area contributed by atoms with Gasteiger partial charge in [0.05, 0.1) is 0 Å². The first-order valence-corrected chi connectivity index (χ1v) is 9.39. The van der Waals surface area contributed by atoms with Gasteiger partial charge in [0.15, 0.2) is 13.2 Å². The lowest BCUT2D eigenvalue weighted by Gasteiger charge is -2.12. The Morgan fingerprint density at radius 3 is 2.45 bits per heavy atom. The molecule has 1 amide bonds. The molecule has 0 bridgehead atoms. The second-order valence-electron chi connectivity index (χ2n) is 6.32. The van der Waals surface area contributed by atoms with Crippen LogP contribution in [0.1, 0.15) is 5.56 Å². The van der Waals surface area contributed by atoms with E-state index in [0.29, 0.717) is 16.5 Å². The summed E-state index contributed by atoms with van der Waals surface area (Å²) in [6, 6.07) is 22.3. The van der Waals surface area contributed by atoms with E-state index in [0.717, 1.165) is 16.7 Å². The first-order valence-electron chi connectivity index (χ1n) is 9.02.